The van der Waals surface area contributed by atoms with E-state index < -0.39 is 17.1 Å². The number of hydrogen-bond donors (Lipinski definition) is 1. The third-order valence-electron chi connectivity index (χ3n) is 5.79. The largest absolute Gasteiger partial charge is 0.489 e. The molecule has 7 nitrogen and oxygen atoms in total. The van der Waals surface area contributed by atoms with Crippen molar-refractivity contribution in [3.8, 4) is 5.75 Å². The van der Waals surface area contributed by atoms with Crippen LogP contribution in [0.2, 0.25) is 5.02 Å². The Morgan fingerprint density at radius 3 is 2.74 bits per heavy atom. The predicted octanol–water partition coefficient (Wildman–Crippen LogP) is 5.13. The summed E-state index contributed by atoms with van der Waals surface area (Å²) in [7, 11) is 0. The number of carbonyl (C=O) groups excluding carboxylic acids is 1. The van der Waals surface area contributed by atoms with Crippen molar-refractivity contribution in [2.45, 2.75) is 57.4 Å². The molecule has 4 rings (SSSR count). The second kappa shape index (κ2) is 10.9. The standard InChI is InChI=1S/C26H31ClN2O5S/c1-5-12-28-25-29(20-9-7-6-8-16(20)2)24(31)23(35-25)22(30)17-10-11-21(19(27)13-17)32-14-18-15-33-26(3,4)34-18/h6-11,13,18,22-23,30H,5,12,14-15H2,1-4H3/t18-,22?,23?/m0/s1. The summed E-state index contributed by atoms with van der Waals surface area (Å²) >= 11 is 7.75. The third kappa shape index (κ3) is 5.84. The lowest BCUT2D eigenvalue weighted by Gasteiger charge is -2.20. The summed E-state index contributed by atoms with van der Waals surface area (Å²) in [5.74, 6) is -0.347. The molecule has 2 unspecified atom stereocenters. The van der Waals surface area contributed by atoms with Crippen molar-refractivity contribution >= 4 is 40.1 Å². The number of nitrogens with zero attached hydrogens (tertiary/aromatic N) is 2. The smallest absolute Gasteiger partial charge is 0.249 e. The molecule has 3 atom stereocenters. The summed E-state index contributed by atoms with van der Waals surface area (Å²) in [4.78, 5) is 19.7. The highest BCUT2D eigenvalue weighted by molar-refractivity contribution is 8.16. The monoisotopic (exact) mass is 518 g/mol. The average Bonchev–Trinajstić information content (AvgIpc) is 3.34. The number of hydrogen-bond acceptors (Lipinski definition) is 7. The number of para-hydroxylation sites is 1. The third-order valence-corrected chi connectivity index (χ3v) is 7.32. The summed E-state index contributed by atoms with van der Waals surface area (Å²) in [6, 6.07) is 12.8. The fourth-order valence-electron chi connectivity index (χ4n) is 4.01. The number of thioether (sulfide) groups is 1. The molecule has 0 bridgehead atoms. The first-order valence-corrected chi connectivity index (χ1v) is 13.0. The number of halogens is 1. The molecule has 2 saturated heterocycles. The first kappa shape index (κ1) is 26.0. The van der Waals surface area contributed by atoms with Crippen molar-refractivity contribution in [1.29, 1.82) is 0 Å². The minimum atomic E-state index is -1.06. The SMILES string of the molecule is CCCN=C1SC(C(O)c2ccc(OC[C@H]3COC(C)(C)O3)c(Cl)c2)C(=O)N1c1ccccc1C. The van der Waals surface area contributed by atoms with E-state index in [0.29, 0.717) is 41.3 Å². The number of amides is 1. The first-order valence-electron chi connectivity index (χ1n) is 11.7. The van der Waals surface area contributed by atoms with Crippen molar-refractivity contribution < 1.29 is 24.1 Å². The Morgan fingerprint density at radius 2 is 2.09 bits per heavy atom. The molecule has 1 amide bonds. The summed E-state index contributed by atoms with van der Waals surface area (Å²) in [6.07, 6.45) is -0.390. The summed E-state index contributed by atoms with van der Waals surface area (Å²) in [5.41, 5.74) is 2.28. The van der Waals surface area contributed by atoms with Crippen molar-refractivity contribution in [2.75, 3.05) is 24.7 Å². The molecule has 0 aliphatic carbocycles. The number of aliphatic hydroxyl groups excluding tert-OH is 1. The van der Waals surface area contributed by atoms with Gasteiger partial charge in [0.05, 0.1) is 17.3 Å². The molecular weight excluding hydrogens is 488 g/mol. The number of benzene rings is 2. The van der Waals surface area contributed by atoms with Crippen LogP contribution in [-0.2, 0) is 14.3 Å². The topological polar surface area (TPSA) is 80.6 Å². The number of amidine groups is 1. The Bertz CT molecular complexity index is 1110. The first-order chi connectivity index (χ1) is 16.7. The molecule has 2 aliphatic heterocycles. The van der Waals surface area contributed by atoms with Crippen LogP contribution in [0.15, 0.2) is 47.5 Å². The summed E-state index contributed by atoms with van der Waals surface area (Å²) < 4.78 is 17.1. The highest BCUT2D eigenvalue weighted by atomic mass is 35.5. The minimum absolute atomic E-state index is 0.188. The van der Waals surface area contributed by atoms with Crippen molar-refractivity contribution in [3.63, 3.8) is 0 Å². The second-order valence-electron chi connectivity index (χ2n) is 9.06. The number of ether oxygens (including phenoxy) is 3. The van der Waals surface area contributed by atoms with Crippen LogP contribution >= 0.6 is 23.4 Å². The van der Waals surface area contributed by atoms with Crippen LogP contribution in [0.5, 0.6) is 5.75 Å². The van der Waals surface area contributed by atoms with Crippen molar-refractivity contribution in [2.24, 2.45) is 4.99 Å². The average molecular weight is 519 g/mol. The normalized spacial score (nSPS) is 23.8. The molecule has 188 valence electrons. The Labute approximate surface area is 215 Å². The van der Waals surface area contributed by atoms with Crippen LogP contribution in [0.1, 0.15) is 44.4 Å². The Balaban J connectivity index is 1.50. The van der Waals surface area contributed by atoms with Gasteiger partial charge < -0.3 is 19.3 Å². The lowest BCUT2D eigenvalue weighted by molar-refractivity contribution is -0.141. The van der Waals surface area contributed by atoms with E-state index in [1.807, 2.05) is 52.0 Å². The van der Waals surface area contributed by atoms with E-state index in [1.54, 1.807) is 23.1 Å². The van der Waals surface area contributed by atoms with E-state index >= 15 is 0 Å². The quantitative estimate of drug-likeness (QED) is 0.522. The van der Waals surface area contributed by atoms with Gasteiger partial charge in [-0.2, -0.15) is 0 Å². The van der Waals surface area contributed by atoms with Gasteiger partial charge in [0.1, 0.15) is 29.8 Å². The number of aliphatic imine (C=N–C) groups is 1. The van der Waals surface area contributed by atoms with Gasteiger partial charge in [0.25, 0.3) is 0 Å². The van der Waals surface area contributed by atoms with Crippen LogP contribution in [-0.4, -0.2) is 53.1 Å². The fraction of sp³-hybridized carbons (Fsp3) is 0.462. The predicted molar refractivity (Wildman–Crippen MR) is 139 cm³/mol. The van der Waals surface area contributed by atoms with Crippen LogP contribution < -0.4 is 9.64 Å². The maximum atomic E-state index is 13.5. The summed E-state index contributed by atoms with van der Waals surface area (Å²) in [6.45, 7) is 9.05. The Morgan fingerprint density at radius 1 is 1.31 bits per heavy atom. The van der Waals surface area contributed by atoms with E-state index in [4.69, 9.17) is 25.8 Å². The molecule has 35 heavy (non-hydrogen) atoms. The molecule has 0 aromatic heterocycles. The zero-order valence-electron chi connectivity index (χ0n) is 20.4. The molecule has 2 heterocycles. The van der Waals surface area contributed by atoms with Gasteiger partial charge in [0.15, 0.2) is 11.0 Å². The van der Waals surface area contributed by atoms with E-state index in [-0.39, 0.29) is 12.0 Å². The number of rotatable bonds is 8. The molecule has 0 radical (unpaired) electrons. The zero-order chi connectivity index (χ0) is 25.2. The molecule has 0 saturated carbocycles. The highest BCUT2D eigenvalue weighted by Gasteiger charge is 2.44. The van der Waals surface area contributed by atoms with Gasteiger partial charge in [0.2, 0.25) is 5.91 Å². The van der Waals surface area contributed by atoms with Crippen LogP contribution in [0.3, 0.4) is 0 Å². The highest BCUT2D eigenvalue weighted by Crippen LogP contribution is 2.40. The molecule has 0 spiro atoms. The van der Waals surface area contributed by atoms with Crippen molar-refractivity contribution in [1.82, 2.24) is 0 Å². The second-order valence-corrected chi connectivity index (χ2v) is 10.6. The Kier molecular flexibility index (Phi) is 8.08. The lowest BCUT2D eigenvalue weighted by Crippen LogP contribution is -2.34. The van der Waals surface area contributed by atoms with E-state index in [1.165, 1.54) is 11.8 Å². The van der Waals surface area contributed by atoms with E-state index in [9.17, 15) is 9.90 Å². The zero-order valence-corrected chi connectivity index (χ0v) is 21.9. The van der Waals surface area contributed by atoms with Gasteiger partial charge in [-0.05, 0) is 56.5 Å². The van der Waals surface area contributed by atoms with Crippen LogP contribution in [0, 0.1) is 6.92 Å². The van der Waals surface area contributed by atoms with Gasteiger partial charge in [-0.1, -0.05) is 54.6 Å². The summed E-state index contributed by atoms with van der Waals surface area (Å²) in [5, 5.41) is 11.4. The van der Waals surface area contributed by atoms with Crippen LogP contribution in [0.25, 0.3) is 0 Å². The van der Waals surface area contributed by atoms with E-state index in [2.05, 4.69) is 4.99 Å². The minimum Gasteiger partial charge on any atom is -0.489 e. The number of anilines is 1. The number of aliphatic hydroxyl groups is 1. The van der Waals surface area contributed by atoms with Gasteiger partial charge in [-0.15, -0.1) is 0 Å². The van der Waals surface area contributed by atoms with Gasteiger partial charge in [0, 0.05) is 6.54 Å². The lowest BCUT2D eigenvalue weighted by atomic mass is 10.0. The fourth-order valence-corrected chi connectivity index (χ4v) is 5.43. The molecular formula is C26H31ClN2O5S. The van der Waals surface area contributed by atoms with Gasteiger partial charge >= 0.3 is 0 Å². The van der Waals surface area contributed by atoms with Crippen LogP contribution in [0.4, 0.5) is 5.69 Å². The molecule has 1 N–H and O–H groups in total. The molecule has 2 aromatic rings. The molecule has 2 aliphatic rings. The molecule has 2 fully saturated rings. The maximum Gasteiger partial charge on any atom is 0.249 e. The Hall–Kier alpha value is -2.10. The van der Waals surface area contributed by atoms with E-state index in [0.717, 1.165) is 17.7 Å². The van der Waals surface area contributed by atoms with Gasteiger partial charge in [-0.25, -0.2) is 0 Å². The van der Waals surface area contributed by atoms with Gasteiger partial charge in [-0.3, -0.25) is 14.7 Å². The molecule has 2 aromatic carbocycles. The maximum absolute atomic E-state index is 13.5. The number of aryl methyl sites for hydroxylation is 1. The molecule has 9 heteroatoms. The number of carbonyl (C=O) groups is 1. The van der Waals surface area contributed by atoms with Crippen molar-refractivity contribution in [3.05, 3.63) is 58.6 Å².